The molecule has 0 spiro atoms. The van der Waals surface area contributed by atoms with Gasteiger partial charge >= 0.3 is 0 Å². The minimum atomic E-state index is 1.11. The van der Waals surface area contributed by atoms with Gasteiger partial charge < -0.3 is 4.90 Å². The topological polar surface area (TPSA) is 3.24 Å². The molecule has 0 unspecified atom stereocenters. The summed E-state index contributed by atoms with van der Waals surface area (Å²) in [6.07, 6.45) is 3.40. The summed E-state index contributed by atoms with van der Waals surface area (Å²) in [4.78, 5) is 2.33. The fourth-order valence-electron chi connectivity index (χ4n) is 0.713. The first-order chi connectivity index (χ1) is 4.43. The van der Waals surface area contributed by atoms with Crippen molar-refractivity contribution in [2.75, 3.05) is 17.8 Å². The molecule has 0 N–H and O–H groups in total. The quantitative estimate of drug-likeness (QED) is 0.654. The highest BCUT2D eigenvalue weighted by Crippen LogP contribution is 2.14. The predicted molar refractivity (Wildman–Crippen MR) is 46.7 cm³/mol. The van der Waals surface area contributed by atoms with Gasteiger partial charge in [0.05, 0.1) is 5.88 Å². The van der Waals surface area contributed by atoms with Gasteiger partial charge in [0.1, 0.15) is 0 Å². The van der Waals surface area contributed by atoms with Crippen molar-refractivity contribution in [2.45, 2.75) is 6.42 Å². The van der Waals surface area contributed by atoms with Crippen LogP contribution < -0.4 is 0 Å². The van der Waals surface area contributed by atoms with Gasteiger partial charge in [0.2, 0.25) is 0 Å². The van der Waals surface area contributed by atoms with Crippen molar-refractivity contribution in [3.63, 3.8) is 0 Å². The molecule has 1 aliphatic heterocycles. The molecule has 0 aliphatic carbocycles. The average molecular weight is 208 g/mol. The first kappa shape index (κ1) is 7.48. The van der Waals surface area contributed by atoms with Crippen LogP contribution >= 0.6 is 27.7 Å². The van der Waals surface area contributed by atoms with Crippen LogP contribution in [-0.4, -0.2) is 22.7 Å². The third kappa shape index (κ3) is 2.63. The van der Waals surface area contributed by atoms with E-state index in [1.807, 2.05) is 11.8 Å². The lowest BCUT2D eigenvalue weighted by molar-refractivity contribution is 0.447. The van der Waals surface area contributed by atoms with Crippen molar-refractivity contribution in [1.82, 2.24) is 4.90 Å². The van der Waals surface area contributed by atoms with Crippen molar-refractivity contribution in [3.8, 4) is 0 Å². The lowest BCUT2D eigenvalue weighted by atomic mass is 10.4. The molecule has 0 amide bonds. The molecule has 0 aromatic heterocycles. The number of hydrogen-bond donors (Lipinski definition) is 0. The SMILES string of the molecule is BrCCCN1C=CSC1. The second-order valence-electron chi connectivity index (χ2n) is 1.94. The number of thioether (sulfide) groups is 1. The smallest absolute Gasteiger partial charge is 0.0675 e. The van der Waals surface area contributed by atoms with Crippen LogP contribution in [-0.2, 0) is 0 Å². The number of alkyl halides is 1. The van der Waals surface area contributed by atoms with Gasteiger partial charge in [0.25, 0.3) is 0 Å². The molecule has 9 heavy (non-hydrogen) atoms. The normalized spacial score (nSPS) is 17.2. The zero-order valence-electron chi connectivity index (χ0n) is 5.22. The van der Waals surface area contributed by atoms with Gasteiger partial charge in [-0.05, 0) is 11.8 Å². The zero-order valence-corrected chi connectivity index (χ0v) is 7.62. The fraction of sp³-hybridized carbons (Fsp3) is 0.667. The summed E-state index contributed by atoms with van der Waals surface area (Å²) in [7, 11) is 0. The van der Waals surface area contributed by atoms with Crippen LogP contribution in [0.4, 0.5) is 0 Å². The Balaban J connectivity index is 2.05. The van der Waals surface area contributed by atoms with E-state index in [9.17, 15) is 0 Å². The van der Waals surface area contributed by atoms with Crippen molar-refractivity contribution < 1.29 is 0 Å². The summed E-state index contributed by atoms with van der Waals surface area (Å²) in [5.74, 6) is 1.15. The highest BCUT2D eigenvalue weighted by molar-refractivity contribution is 9.09. The van der Waals surface area contributed by atoms with E-state index >= 15 is 0 Å². The molecular formula is C6H10BrNS. The molecule has 0 radical (unpaired) electrons. The molecule has 0 saturated heterocycles. The van der Waals surface area contributed by atoms with E-state index in [0.29, 0.717) is 0 Å². The molecule has 0 bridgehead atoms. The molecule has 1 heterocycles. The van der Waals surface area contributed by atoms with Crippen LogP contribution in [0.3, 0.4) is 0 Å². The van der Waals surface area contributed by atoms with Gasteiger partial charge in [0, 0.05) is 18.1 Å². The van der Waals surface area contributed by atoms with Crippen molar-refractivity contribution in [2.24, 2.45) is 0 Å². The van der Waals surface area contributed by atoms with E-state index in [1.165, 1.54) is 13.0 Å². The lowest BCUT2D eigenvalue weighted by Gasteiger charge is -2.12. The maximum Gasteiger partial charge on any atom is 0.0675 e. The minimum Gasteiger partial charge on any atom is -0.367 e. The fourth-order valence-corrected chi connectivity index (χ4v) is 1.71. The van der Waals surface area contributed by atoms with Gasteiger partial charge in [-0.25, -0.2) is 0 Å². The first-order valence-corrected chi connectivity index (χ1v) is 5.19. The second kappa shape index (κ2) is 4.23. The van der Waals surface area contributed by atoms with Crippen LogP contribution in [0.15, 0.2) is 11.6 Å². The summed E-state index contributed by atoms with van der Waals surface area (Å²) >= 11 is 5.26. The number of rotatable bonds is 3. The summed E-state index contributed by atoms with van der Waals surface area (Å²) < 4.78 is 0. The summed E-state index contributed by atoms with van der Waals surface area (Å²) in [6.45, 7) is 1.19. The summed E-state index contributed by atoms with van der Waals surface area (Å²) in [6, 6.07) is 0. The van der Waals surface area contributed by atoms with Crippen LogP contribution in [0, 0.1) is 0 Å². The molecule has 0 aromatic carbocycles. The van der Waals surface area contributed by atoms with Crippen LogP contribution in [0.25, 0.3) is 0 Å². The van der Waals surface area contributed by atoms with Crippen LogP contribution in [0.1, 0.15) is 6.42 Å². The molecule has 0 aromatic rings. The molecule has 1 nitrogen and oxygen atoms in total. The first-order valence-electron chi connectivity index (χ1n) is 3.02. The molecule has 1 rings (SSSR count). The van der Waals surface area contributed by atoms with E-state index in [4.69, 9.17) is 0 Å². The standard InChI is InChI=1S/C6H10BrNS/c7-2-1-3-8-4-5-9-6-8/h4-5H,1-3,6H2. The highest BCUT2D eigenvalue weighted by atomic mass is 79.9. The number of hydrogen-bond acceptors (Lipinski definition) is 2. The Labute approximate surface area is 68.6 Å². The van der Waals surface area contributed by atoms with Gasteiger partial charge in [-0.2, -0.15) is 0 Å². The molecule has 3 heteroatoms. The van der Waals surface area contributed by atoms with Gasteiger partial charge in [-0.1, -0.05) is 15.9 Å². The van der Waals surface area contributed by atoms with E-state index < -0.39 is 0 Å². The molecule has 0 atom stereocenters. The third-order valence-electron chi connectivity index (χ3n) is 1.19. The zero-order chi connectivity index (χ0) is 6.53. The highest BCUT2D eigenvalue weighted by Gasteiger charge is 2.01. The van der Waals surface area contributed by atoms with Crippen molar-refractivity contribution in [1.29, 1.82) is 0 Å². The second-order valence-corrected chi connectivity index (χ2v) is 3.59. The van der Waals surface area contributed by atoms with Crippen LogP contribution in [0.5, 0.6) is 0 Å². The average Bonchev–Trinajstić information content (AvgIpc) is 2.34. The van der Waals surface area contributed by atoms with Crippen molar-refractivity contribution >= 4 is 27.7 Å². The van der Waals surface area contributed by atoms with E-state index in [1.54, 1.807) is 0 Å². The predicted octanol–water partition coefficient (Wildman–Crippen LogP) is 2.25. The van der Waals surface area contributed by atoms with E-state index in [-0.39, 0.29) is 0 Å². The Hall–Kier alpha value is 0.370. The Morgan fingerprint density at radius 3 is 3.11 bits per heavy atom. The molecule has 0 saturated carbocycles. The number of halogens is 1. The number of nitrogens with zero attached hydrogens (tertiary/aromatic N) is 1. The Kier molecular flexibility index (Phi) is 3.51. The maximum atomic E-state index is 3.40. The molecule has 1 aliphatic rings. The van der Waals surface area contributed by atoms with Gasteiger partial charge in [-0.3, -0.25) is 0 Å². The van der Waals surface area contributed by atoms with Gasteiger partial charge in [0.15, 0.2) is 0 Å². The largest absolute Gasteiger partial charge is 0.367 e. The summed E-state index contributed by atoms with van der Waals surface area (Å²) in [5.41, 5.74) is 0. The summed E-state index contributed by atoms with van der Waals surface area (Å²) in [5, 5.41) is 3.26. The Morgan fingerprint density at radius 1 is 1.67 bits per heavy atom. The molecular weight excluding hydrogens is 198 g/mol. The Morgan fingerprint density at radius 2 is 2.56 bits per heavy atom. The maximum absolute atomic E-state index is 3.40. The Bertz CT molecular complexity index is 105. The molecule has 52 valence electrons. The monoisotopic (exact) mass is 207 g/mol. The molecule has 0 fully saturated rings. The minimum absolute atomic E-state index is 1.11. The lowest BCUT2D eigenvalue weighted by Crippen LogP contribution is -2.14. The van der Waals surface area contributed by atoms with E-state index in [0.717, 1.165) is 11.2 Å². The van der Waals surface area contributed by atoms with Crippen molar-refractivity contribution in [3.05, 3.63) is 11.6 Å². The van der Waals surface area contributed by atoms with Crippen LogP contribution in [0.2, 0.25) is 0 Å². The third-order valence-corrected chi connectivity index (χ3v) is 2.54. The van der Waals surface area contributed by atoms with E-state index in [2.05, 4.69) is 32.4 Å². The van der Waals surface area contributed by atoms with Gasteiger partial charge in [-0.15, -0.1) is 11.8 Å².